The molecule has 0 spiro atoms. The molecular weight excluding hydrogens is 266 g/mol. The number of amides is 1. The first-order chi connectivity index (χ1) is 9.58. The molecule has 1 aliphatic rings. The minimum Gasteiger partial charge on any atom is -0.444 e. The van der Waals surface area contributed by atoms with Gasteiger partial charge in [0.1, 0.15) is 11.4 Å². The Morgan fingerprint density at radius 2 is 2.00 bits per heavy atom. The van der Waals surface area contributed by atoms with Gasteiger partial charge in [0.05, 0.1) is 6.04 Å². The maximum atomic E-state index is 12.3. The van der Waals surface area contributed by atoms with Crippen LogP contribution in [0.15, 0.2) is 6.20 Å². The van der Waals surface area contributed by atoms with E-state index in [2.05, 4.69) is 30.7 Å². The second kappa shape index (κ2) is 5.35. The van der Waals surface area contributed by atoms with Crippen molar-refractivity contribution in [1.82, 2.24) is 14.9 Å². The summed E-state index contributed by atoms with van der Waals surface area (Å²) >= 11 is 0. The van der Waals surface area contributed by atoms with Gasteiger partial charge in [-0.2, -0.15) is 0 Å². The van der Waals surface area contributed by atoms with E-state index in [1.807, 2.05) is 27.0 Å². The van der Waals surface area contributed by atoms with E-state index < -0.39 is 5.60 Å². The van der Waals surface area contributed by atoms with Crippen LogP contribution in [0.1, 0.15) is 71.9 Å². The van der Waals surface area contributed by atoms with Crippen LogP contribution in [0.25, 0.3) is 0 Å². The highest BCUT2D eigenvalue weighted by atomic mass is 16.6. The van der Waals surface area contributed by atoms with Crippen molar-refractivity contribution in [3.8, 4) is 0 Å². The van der Waals surface area contributed by atoms with Crippen LogP contribution < -0.4 is 0 Å². The van der Waals surface area contributed by atoms with Gasteiger partial charge in [-0.05, 0) is 33.6 Å². The molecular formula is C16H27N3O2. The van der Waals surface area contributed by atoms with E-state index in [9.17, 15) is 4.79 Å². The number of H-pyrrole nitrogens is 1. The third-order valence-electron chi connectivity index (χ3n) is 3.60. The number of imidazole rings is 1. The molecule has 1 N–H and O–H groups in total. The Balaban J connectivity index is 2.15. The zero-order valence-corrected chi connectivity index (χ0v) is 14.0. The van der Waals surface area contributed by atoms with Gasteiger partial charge < -0.3 is 9.72 Å². The summed E-state index contributed by atoms with van der Waals surface area (Å²) in [7, 11) is 0. The number of likely N-dealkylation sites (tertiary alicyclic amines) is 1. The summed E-state index contributed by atoms with van der Waals surface area (Å²) in [4.78, 5) is 22.0. The van der Waals surface area contributed by atoms with Gasteiger partial charge >= 0.3 is 6.09 Å². The summed E-state index contributed by atoms with van der Waals surface area (Å²) in [5.41, 5.74) is 0.651. The van der Waals surface area contributed by atoms with E-state index in [0.717, 1.165) is 30.9 Å². The predicted octanol–water partition coefficient (Wildman–Crippen LogP) is 3.78. The molecule has 1 aliphatic heterocycles. The average molecular weight is 293 g/mol. The molecule has 5 nitrogen and oxygen atoms in total. The lowest BCUT2D eigenvalue weighted by Gasteiger charge is -2.27. The molecule has 0 saturated carbocycles. The molecule has 0 bridgehead atoms. The van der Waals surface area contributed by atoms with Crippen molar-refractivity contribution in [3.63, 3.8) is 0 Å². The summed E-state index contributed by atoms with van der Waals surface area (Å²) in [6.45, 7) is 12.8. The number of nitrogens with zero attached hydrogens (tertiary/aromatic N) is 2. The smallest absolute Gasteiger partial charge is 0.410 e. The number of nitrogens with one attached hydrogen (secondary N) is 1. The number of ether oxygens (including phenoxy) is 1. The van der Waals surface area contributed by atoms with E-state index in [-0.39, 0.29) is 17.6 Å². The molecule has 1 amide bonds. The number of hydrogen-bond acceptors (Lipinski definition) is 3. The summed E-state index contributed by atoms with van der Waals surface area (Å²) < 4.78 is 5.49. The highest BCUT2D eigenvalue weighted by molar-refractivity contribution is 5.69. The van der Waals surface area contributed by atoms with Crippen molar-refractivity contribution in [2.24, 2.45) is 0 Å². The molecule has 1 atom stereocenters. The van der Waals surface area contributed by atoms with E-state index >= 15 is 0 Å². The molecule has 2 rings (SSSR count). The number of hydrogen-bond donors (Lipinski definition) is 1. The van der Waals surface area contributed by atoms with Crippen LogP contribution in [-0.4, -0.2) is 33.1 Å². The third kappa shape index (κ3) is 3.77. The average Bonchev–Trinajstić information content (AvgIpc) is 2.94. The monoisotopic (exact) mass is 293 g/mol. The van der Waals surface area contributed by atoms with E-state index in [1.54, 1.807) is 4.90 Å². The number of carbonyl (C=O) groups is 1. The first-order valence-electron chi connectivity index (χ1n) is 7.63. The Morgan fingerprint density at radius 1 is 1.33 bits per heavy atom. The fourth-order valence-electron chi connectivity index (χ4n) is 2.48. The first-order valence-corrected chi connectivity index (χ1v) is 7.63. The molecule has 21 heavy (non-hydrogen) atoms. The normalized spacial score (nSPS) is 19.9. The van der Waals surface area contributed by atoms with Crippen molar-refractivity contribution in [2.75, 3.05) is 6.54 Å². The fraction of sp³-hybridized carbons (Fsp3) is 0.750. The van der Waals surface area contributed by atoms with E-state index in [0.29, 0.717) is 0 Å². The second-order valence-electron chi connectivity index (χ2n) is 7.76. The van der Waals surface area contributed by atoms with Crippen LogP contribution in [0, 0.1) is 0 Å². The number of carbonyl (C=O) groups excluding carboxylic acids is 1. The summed E-state index contributed by atoms with van der Waals surface area (Å²) in [5, 5.41) is 0. The Hall–Kier alpha value is -1.52. The molecule has 0 aromatic carbocycles. The van der Waals surface area contributed by atoms with Crippen LogP contribution >= 0.6 is 0 Å². The van der Waals surface area contributed by atoms with Crippen molar-refractivity contribution >= 4 is 6.09 Å². The molecule has 1 fully saturated rings. The van der Waals surface area contributed by atoms with Crippen LogP contribution in [0.4, 0.5) is 4.79 Å². The van der Waals surface area contributed by atoms with Crippen LogP contribution in [0.5, 0.6) is 0 Å². The molecule has 0 aliphatic carbocycles. The van der Waals surface area contributed by atoms with Crippen molar-refractivity contribution in [3.05, 3.63) is 17.7 Å². The number of aromatic nitrogens is 2. The topological polar surface area (TPSA) is 58.2 Å². The van der Waals surface area contributed by atoms with Gasteiger partial charge in [-0.15, -0.1) is 0 Å². The minimum absolute atomic E-state index is 0.00375. The van der Waals surface area contributed by atoms with Crippen molar-refractivity contribution in [2.45, 2.75) is 71.4 Å². The predicted molar refractivity (Wildman–Crippen MR) is 82.2 cm³/mol. The molecule has 0 radical (unpaired) electrons. The lowest BCUT2D eigenvalue weighted by atomic mass is 9.93. The minimum atomic E-state index is -0.468. The van der Waals surface area contributed by atoms with Gasteiger partial charge in [0.2, 0.25) is 0 Å². The summed E-state index contributed by atoms with van der Waals surface area (Å²) in [5.74, 6) is 0.864. The highest BCUT2D eigenvalue weighted by Gasteiger charge is 2.35. The summed E-state index contributed by atoms with van der Waals surface area (Å²) in [6, 6.07) is -0.00375. The van der Waals surface area contributed by atoms with E-state index in [4.69, 9.17) is 4.74 Å². The third-order valence-corrected chi connectivity index (χ3v) is 3.60. The van der Waals surface area contributed by atoms with Crippen LogP contribution in [0.3, 0.4) is 0 Å². The molecule has 1 unspecified atom stereocenters. The van der Waals surface area contributed by atoms with Gasteiger partial charge in [0.15, 0.2) is 0 Å². The Bertz CT molecular complexity index is 508. The van der Waals surface area contributed by atoms with Gasteiger partial charge in [-0.3, -0.25) is 4.90 Å². The van der Waals surface area contributed by atoms with Gasteiger partial charge in [-0.1, -0.05) is 20.8 Å². The zero-order valence-electron chi connectivity index (χ0n) is 14.0. The zero-order chi connectivity index (χ0) is 15.8. The molecule has 1 aromatic heterocycles. The maximum Gasteiger partial charge on any atom is 0.410 e. The lowest BCUT2D eigenvalue weighted by Crippen LogP contribution is -2.36. The largest absolute Gasteiger partial charge is 0.444 e. The van der Waals surface area contributed by atoms with Crippen molar-refractivity contribution in [1.29, 1.82) is 0 Å². The first kappa shape index (κ1) is 15.9. The Morgan fingerprint density at radius 3 is 2.52 bits per heavy atom. The molecule has 1 aromatic rings. The maximum absolute atomic E-state index is 12.3. The standard InChI is InChI=1S/C16H27N3O2/c1-15(2,3)12-10-17-13(18-12)11-8-7-9-19(11)14(20)21-16(4,5)6/h10-11H,7-9H2,1-6H3,(H,17,18). The van der Waals surface area contributed by atoms with Crippen LogP contribution in [0.2, 0.25) is 0 Å². The quantitative estimate of drug-likeness (QED) is 0.857. The second-order valence-corrected chi connectivity index (χ2v) is 7.76. The number of rotatable bonds is 1. The Labute approximate surface area is 127 Å². The number of aromatic amines is 1. The molecule has 5 heteroatoms. The molecule has 1 saturated heterocycles. The van der Waals surface area contributed by atoms with Gasteiger partial charge in [0, 0.05) is 23.9 Å². The van der Waals surface area contributed by atoms with Crippen LogP contribution in [-0.2, 0) is 10.2 Å². The highest BCUT2D eigenvalue weighted by Crippen LogP contribution is 2.32. The summed E-state index contributed by atoms with van der Waals surface area (Å²) in [6.07, 6.45) is 3.53. The molecule has 118 valence electrons. The fourth-order valence-corrected chi connectivity index (χ4v) is 2.48. The van der Waals surface area contributed by atoms with E-state index in [1.165, 1.54) is 0 Å². The SMILES string of the molecule is CC(C)(C)OC(=O)N1CCCC1c1ncc(C(C)(C)C)[nH]1. The molecule has 2 heterocycles. The van der Waals surface area contributed by atoms with Gasteiger partial charge in [0.25, 0.3) is 0 Å². The Kier molecular flexibility index (Phi) is 4.04. The van der Waals surface area contributed by atoms with Gasteiger partial charge in [-0.25, -0.2) is 9.78 Å². The van der Waals surface area contributed by atoms with Crippen molar-refractivity contribution < 1.29 is 9.53 Å². The lowest BCUT2D eigenvalue weighted by molar-refractivity contribution is 0.0218.